The summed E-state index contributed by atoms with van der Waals surface area (Å²) in [4.78, 5) is 7.34. The Morgan fingerprint density at radius 2 is 2.07 bits per heavy atom. The van der Waals surface area contributed by atoms with E-state index in [1.807, 2.05) is 29.6 Å². The molecular weight excluding hydrogens is 423 g/mol. The molecule has 0 aliphatic carbocycles. The Kier molecular flexibility index (Phi) is 7.11. The van der Waals surface area contributed by atoms with E-state index in [1.54, 1.807) is 7.11 Å². The van der Waals surface area contributed by atoms with Crippen LogP contribution in [0.15, 0.2) is 18.2 Å². The van der Waals surface area contributed by atoms with Crippen LogP contribution in [-0.4, -0.2) is 34.8 Å². The van der Waals surface area contributed by atoms with Crippen LogP contribution in [0.3, 0.4) is 0 Å². The molecule has 0 spiro atoms. The largest absolute Gasteiger partial charge is 0.497 e. The normalized spacial score (nSPS) is 12.7. The average Bonchev–Trinajstić information content (AvgIpc) is 3.31. The van der Waals surface area contributed by atoms with Crippen LogP contribution >= 0.6 is 24.0 Å². The SMILES string of the molecule is CCCCN(CC)c1c2c(nc3c(-c4ccc(OC)cc4Cl)c(C)nn13)COC2.Cl. The first-order chi connectivity index (χ1) is 14.1. The van der Waals surface area contributed by atoms with Gasteiger partial charge in [0.2, 0.25) is 0 Å². The zero-order chi connectivity index (χ0) is 20.5. The maximum atomic E-state index is 6.61. The fourth-order valence-corrected chi connectivity index (χ4v) is 4.23. The van der Waals surface area contributed by atoms with Gasteiger partial charge in [0.25, 0.3) is 0 Å². The van der Waals surface area contributed by atoms with E-state index in [0.29, 0.717) is 18.2 Å². The van der Waals surface area contributed by atoms with Crippen molar-refractivity contribution in [2.24, 2.45) is 0 Å². The van der Waals surface area contributed by atoms with Crippen molar-refractivity contribution < 1.29 is 9.47 Å². The summed E-state index contributed by atoms with van der Waals surface area (Å²) in [6.45, 7) is 9.41. The number of nitrogens with zero attached hydrogens (tertiary/aromatic N) is 4. The number of fused-ring (bicyclic) bond motifs is 2. The molecule has 0 saturated heterocycles. The maximum absolute atomic E-state index is 6.61. The summed E-state index contributed by atoms with van der Waals surface area (Å²) in [5, 5.41) is 5.52. The first-order valence-corrected chi connectivity index (χ1v) is 10.5. The smallest absolute Gasteiger partial charge is 0.165 e. The molecule has 2 aromatic heterocycles. The highest BCUT2D eigenvalue weighted by molar-refractivity contribution is 6.33. The molecule has 0 radical (unpaired) electrons. The van der Waals surface area contributed by atoms with E-state index in [0.717, 1.165) is 71.2 Å². The van der Waals surface area contributed by atoms with E-state index >= 15 is 0 Å². The number of aryl methyl sites for hydroxylation is 1. The summed E-state index contributed by atoms with van der Waals surface area (Å²) in [5.41, 5.74) is 5.73. The van der Waals surface area contributed by atoms with Crippen LogP contribution in [0.4, 0.5) is 5.82 Å². The van der Waals surface area contributed by atoms with Gasteiger partial charge in [-0.15, -0.1) is 12.4 Å². The highest BCUT2D eigenvalue weighted by Gasteiger charge is 2.27. The Morgan fingerprint density at radius 1 is 1.27 bits per heavy atom. The van der Waals surface area contributed by atoms with Crippen molar-refractivity contribution in [2.45, 2.75) is 46.8 Å². The summed E-state index contributed by atoms with van der Waals surface area (Å²) in [6.07, 6.45) is 2.28. The summed E-state index contributed by atoms with van der Waals surface area (Å²) < 4.78 is 13.0. The van der Waals surface area contributed by atoms with Crippen molar-refractivity contribution >= 4 is 35.5 Å². The molecular formula is C22H28Cl2N4O2. The molecule has 0 N–H and O–H groups in total. The Bertz CT molecular complexity index is 1050. The quantitative estimate of drug-likeness (QED) is 0.479. The molecule has 3 aromatic rings. The molecule has 6 nitrogen and oxygen atoms in total. The Hall–Kier alpha value is -2.02. The summed E-state index contributed by atoms with van der Waals surface area (Å²) in [6, 6.07) is 5.73. The first kappa shape index (κ1) is 22.7. The minimum atomic E-state index is 0. The van der Waals surface area contributed by atoms with Gasteiger partial charge in [0.1, 0.15) is 11.6 Å². The average molecular weight is 451 g/mol. The van der Waals surface area contributed by atoms with Crippen molar-refractivity contribution in [2.75, 3.05) is 25.1 Å². The van der Waals surface area contributed by atoms with Gasteiger partial charge >= 0.3 is 0 Å². The van der Waals surface area contributed by atoms with Crippen LogP contribution in [0.5, 0.6) is 5.75 Å². The van der Waals surface area contributed by atoms with E-state index in [1.165, 1.54) is 0 Å². The number of hydrogen-bond donors (Lipinski definition) is 0. The number of aromatic nitrogens is 3. The number of anilines is 1. The van der Waals surface area contributed by atoms with E-state index < -0.39 is 0 Å². The molecule has 1 aliphatic rings. The fraction of sp³-hybridized carbons (Fsp3) is 0.455. The molecule has 4 rings (SSSR count). The number of rotatable bonds is 7. The Labute approximate surface area is 188 Å². The number of hydrogen-bond acceptors (Lipinski definition) is 5. The van der Waals surface area contributed by atoms with Crippen molar-refractivity contribution in [1.82, 2.24) is 14.6 Å². The molecule has 162 valence electrons. The third-order valence-corrected chi connectivity index (χ3v) is 5.80. The Balaban J connectivity index is 0.00000256. The van der Waals surface area contributed by atoms with Gasteiger partial charge in [-0.2, -0.15) is 9.61 Å². The minimum absolute atomic E-state index is 0. The number of unbranched alkanes of at least 4 members (excludes halogenated alkanes) is 1. The van der Waals surface area contributed by atoms with Gasteiger partial charge in [0.05, 0.1) is 42.3 Å². The predicted molar refractivity (Wildman–Crippen MR) is 123 cm³/mol. The molecule has 0 saturated carbocycles. The zero-order valence-corrected chi connectivity index (χ0v) is 19.4. The first-order valence-electron chi connectivity index (χ1n) is 10.2. The van der Waals surface area contributed by atoms with E-state index in [4.69, 9.17) is 31.2 Å². The van der Waals surface area contributed by atoms with Crippen LogP contribution in [0, 0.1) is 6.92 Å². The van der Waals surface area contributed by atoms with Crippen LogP contribution < -0.4 is 9.64 Å². The molecule has 1 aliphatic heterocycles. The highest BCUT2D eigenvalue weighted by Crippen LogP contribution is 2.38. The van der Waals surface area contributed by atoms with Crippen LogP contribution in [0.25, 0.3) is 16.8 Å². The molecule has 8 heteroatoms. The van der Waals surface area contributed by atoms with Crippen molar-refractivity contribution in [3.05, 3.63) is 40.2 Å². The summed E-state index contributed by atoms with van der Waals surface area (Å²) >= 11 is 6.61. The molecule has 0 amide bonds. The van der Waals surface area contributed by atoms with Gasteiger partial charge in [-0.05, 0) is 38.5 Å². The second kappa shape index (κ2) is 9.41. The number of halogens is 2. The standard InChI is InChI=1S/C22H27ClN4O2.ClH/c1-5-7-10-26(6-2)22-17-12-29-13-19(17)24-21-20(14(3)25-27(21)22)16-9-8-15(28-4)11-18(16)23;/h8-9,11H,5-7,10,12-13H2,1-4H3;1H. The lowest BCUT2D eigenvalue weighted by Gasteiger charge is -2.25. The number of benzene rings is 1. The maximum Gasteiger partial charge on any atom is 0.165 e. The lowest BCUT2D eigenvalue weighted by Crippen LogP contribution is -2.28. The molecule has 0 fully saturated rings. The third-order valence-electron chi connectivity index (χ3n) is 5.49. The lowest BCUT2D eigenvalue weighted by molar-refractivity contribution is 0.133. The molecule has 3 heterocycles. The van der Waals surface area contributed by atoms with Gasteiger partial charge in [0.15, 0.2) is 5.65 Å². The monoisotopic (exact) mass is 450 g/mol. The zero-order valence-electron chi connectivity index (χ0n) is 17.9. The van der Waals surface area contributed by atoms with Gasteiger partial charge in [0, 0.05) is 24.2 Å². The second-order valence-electron chi connectivity index (χ2n) is 7.33. The molecule has 1 aromatic carbocycles. The number of methoxy groups -OCH3 is 1. The summed E-state index contributed by atoms with van der Waals surface area (Å²) in [7, 11) is 1.64. The van der Waals surface area contributed by atoms with Gasteiger partial charge < -0.3 is 14.4 Å². The Morgan fingerprint density at radius 3 is 2.73 bits per heavy atom. The molecule has 0 atom stereocenters. The van der Waals surface area contributed by atoms with E-state index in [2.05, 4.69) is 18.7 Å². The minimum Gasteiger partial charge on any atom is -0.497 e. The van der Waals surface area contributed by atoms with Crippen molar-refractivity contribution in [1.29, 1.82) is 0 Å². The van der Waals surface area contributed by atoms with Crippen LogP contribution in [0.1, 0.15) is 43.6 Å². The summed E-state index contributed by atoms with van der Waals surface area (Å²) in [5.74, 6) is 1.82. The molecule has 30 heavy (non-hydrogen) atoms. The van der Waals surface area contributed by atoms with Gasteiger partial charge in [-0.25, -0.2) is 4.98 Å². The van der Waals surface area contributed by atoms with E-state index in [-0.39, 0.29) is 12.4 Å². The van der Waals surface area contributed by atoms with E-state index in [9.17, 15) is 0 Å². The molecule has 0 bridgehead atoms. The van der Waals surface area contributed by atoms with Crippen molar-refractivity contribution in [3.8, 4) is 16.9 Å². The second-order valence-corrected chi connectivity index (χ2v) is 7.74. The molecule has 0 unspecified atom stereocenters. The predicted octanol–water partition coefficient (Wildman–Crippen LogP) is 5.45. The van der Waals surface area contributed by atoms with Crippen LogP contribution in [0.2, 0.25) is 5.02 Å². The highest BCUT2D eigenvalue weighted by atomic mass is 35.5. The third kappa shape index (κ3) is 3.84. The van der Waals surface area contributed by atoms with Crippen molar-refractivity contribution in [3.63, 3.8) is 0 Å². The van der Waals surface area contributed by atoms with Gasteiger partial charge in [-0.1, -0.05) is 24.9 Å². The fourth-order valence-electron chi connectivity index (χ4n) is 3.96. The van der Waals surface area contributed by atoms with Gasteiger partial charge in [-0.3, -0.25) is 0 Å². The van der Waals surface area contributed by atoms with Crippen LogP contribution in [-0.2, 0) is 18.0 Å². The topological polar surface area (TPSA) is 51.9 Å². The lowest BCUT2D eigenvalue weighted by atomic mass is 10.1. The number of ether oxygens (including phenoxy) is 2.